The number of nitrogens with zero attached hydrogens (tertiary/aromatic N) is 1. The quantitative estimate of drug-likeness (QED) is 0.895. The van der Waals surface area contributed by atoms with Crippen molar-refractivity contribution in [2.75, 3.05) is 20.7 Å². The second kappa shape index (κ2) is 7.09. The number of para-hydroxylation sites is 1. The number of methoxy groups -OCH3 is 1. The van der Waals surface area contributed by atoms with Gasteiger partial charge in [-0.25, -0.2) is 0 Å². The Labute approximate surface area is 123 Å². The predicted octanol–water partition coefficient (Wildman–Crippen LogP) is 2.70. The van der Waals surface area contributed by atoms with Crippen molar-refractivity contribution >= 4 is 0 Å². The molecular weight excluding hydrogens is 248 g/mol. The van der Waals surface area contributed by atoms with Gasteiger partial charge in [-0.2, -0.15) is 0 Å². The summed E-state index contributed by atoms with van der Waals surface area (Å²) in [6.45, 7) is 5.69. The van der Waals surface area contributed by atoms with Crippen LogP contribution in [-0.2, 0) is 6.42 Å². The van der Waals surface area contributed by atoms with Crippen LogP contribution in [0.3, 0.4) is 0 Å². The molecule has 2 rings (SSSR count). The molecule has 1 aromatic rings. The Balaban J connectivity index is 1.95. The van der Waals surface area contributed by atoms with Crippen LogP contribution in [0.15, 0.2) is 24.3 Å². The summed E-state index contributed by atoms with van der Waals surface area (Å²) in [6, 6.07) is 10.2. The lowest BCUT2D eigenvalue weighted by Crippen LogP contribution is -2.50. The maximum atomic E-state index is 5.45. The van der Waals surface area contributed by atoms with Crippen LogP contribution in [0.1, 0.15) is 32.3 Å². The van der Waals surface area contributed by atoms with E-state index in [1.807, 2.05) is 12.1 Å². The minimum Gasteiger partial charge on any atom is -0.496 e. The lowest BCUT2D eigenvalue weighted by atomic mass is 9.98. The molecule has 0 aliphatic carbocycles. The summed E-state index contributed by atoms with van der Waals surface area (Å²) < 4.78 is 5.45. The molecule has 3 nitrogen and oxygen atoms in total. The summed E-state index contributed by atoms with van der Waals surface area (Å²) in [5.41, 5.74) is 1.30. The van der Waals surface area contributed by atoms with Gasteiger partial charge in [0.05, 0.1) is 7.11 Å². The standard InChI is InChI=1S/C17H28N2O/c1-13-9-10-16(12-18-13)19(3)14(2)11-15-7-5-6-8-17(15)20-4/h5-8,13-14,16,18H,9-12H2,1-4H3. The molecule has 3 heteroatoms. The van der Waals surface area contributed by atoms with Gasteiger partial charge in [0.2, 0.25) is 0 Å². The molecule has 1 N–H and O–H groups in total. The average Bonchev–Trinajstić information content (AvgIpc) is 2.48. The van der Waals surface area contributed by atoms with E-state index < -0.39 is 0 Å². The topological polar surface area (TPSA) is 24.5 Å². The van der Waals surface area contributed by atoms with Crippen LogP contribution in [0.5, 0.6) is 5.75 Å². The zero-order valence-corrected chi connectivity index (χ0v) is 13.2. The van der Waals surface area contributed by atoms with E-state index in [1.165, 1.54) is 18.4 Å². The highest BCUT2D eigenvalue weighted by molar-refractivity contribution is 5.33. The number of hydrogen-bond acceptors (Lipinski definition) is 3. The summed E-state index contributed by atoms with van der Waals surface area (Å²) in [5, 5.41) is 3.59. The van der Waals surface area contributed by atoms with Gasteiger partial charge in [0, 0.05) is 24.7 Å². The SMILES string of the molecule is COc1ccccc1CC(C)N(C)C1CCC(C)NC1. The third-order valence-electron chi connectivity index (χ3n) is 4.61. The van der Waals surface area contributed by atoms with Gasteiger partial charge in [-0.3, -0.25) is 4.90 Å². The van der Waals surface area contributed by atoms with Crippen LogP contribution in [-0.4, -0.2) is 43.7 Å². The van der Waals surface area contributed by atoms with E-state index >= 15 is 0 Å². The van der Waals surface area contributed by atoms with Gasteiger partial charge in [-0.1, -0.05) is 18.2 Å². The first-order chi connectivity index (χ1) is 9.61. The van der Waals surface area contributed by atoms with E-state index in [2.05, 4.69) is 43.2 Å². The first kappa shape index (κ1) is 15.3. The number of rotatable bonds is 5. The molecule has 1 aromatic carbocycles. The van der Waals surface area contributed by atoms with Crippen LogP contribution in [0, 0.1) is 0 Å². The van der Waals surface area contributed by atoms with Crippen LogP contribution >= 0.6 is 0 Å². The highest BCUT2D eigenvalue weighted by atomic mass is 16.5. The summed E-state index contributed by atoms with van der Waals surface area (Å²) in [4.78, 5) is 2.52. The number of ether oxygens (including phenoxy) is 1. The maximum Gasteiger partial charge on any atom is 0.122 e. The molecule has 112 valence electrons. The van der Waals surface area contributed by atoms with E-state index in [0.29, 0.717) is 18.1 Å². The van der Waals surface area contributed by atoms with Gasteiger partial charge in [-0.05, 0) is 51.8 Å². The Hall–Kier alpha value is -1.06. The largest absolute Gasteiger partial charge is 0.496 e. The van der Waals surface area contributed by atoms with E-state index in [1.54, 1.807) is 7.11 Å². The Morgan fingerprint density at radius 2 is 2.10 bits per heavy atom. The molecular formula is C17H28N2O. The smallest absolute Gasteiger partial charge is 0.122 e. The summed E-state index contributed by atoms with van der Waals surface area (Å²) in [7, 11) is 4.00. The van der Waals surface area contributed by atoms with Crippen LogP contribution in [0.4, 0.5) is 0 Å². The van der Waals surface area contributed by atoms with Crippen molar-refractivity contribution in [1.82, 2.24) is 10.2 Å². The fourth-order valence-corrected chi connectivity index (χ4v) is 3.03. The van der Waals surface area contributed by atoms with Crippen LogP contribution in [0.25, 0.3) is 0 Å². The fraction of sp³-hybridized carbons (Fsp3) is 0.647. The number of benzene rings is 1. The van der Waals surface area contributed by atoms with Gasteiger partial charge in [-0.15, -0.1) is 0 Å². The predicted molar refractivity (Wildman–Crippen MR) is 84.4 cm³/mol. The molecule has 1 aliphatic heterocycles. The zero-order chi connectivity index (χ0) is 14.5. The first-order valence-corrected chi connectivity index (χ1v) is 7.69. The number of hydrogen-bond donors (Lipinski definition) is 1. The molecule has 0 bridgehead atoms. The monoisotopic (exact) mass is 276 g/mol. The molecule has 1 aliphatic rings. The molecule has 0 saturated carbocycles. The van der Waals surface area contributed by atoms with Gasteiger partial charge < -0.3 is 10.1 Å². The third-order valence-corrected chi connectivity index (χ3v) is 4.61. The Kier molecular flexibility index (Phi) is 5.44. The lowest BCUT2D eigenvalue weighted by molar-refractivity contribution is 0.144. The lowest BCUT2D eigenvalue weighted by Gasteiger charge is -2.38. The molecule has 3 unspecified atom stereocenters. The van der Waals surface area contributed by atoms with Crippen molar-refractivity contribution in [3.05, 3.63) is 29.8 Å². The molecule has 0 radical (unpaired) electrons. The zero-order valence-electron chi connectivity index (χ0n) is 13.2. The Bertz CT molecular complexity index is 413. The second-order valence-corrected chi connectivity index (χ2v) is 6.07. The summed E-state index contributed by atoms with van der Waals surface area (Å²) >= 11 is 0. The normalized spacial score (nSPS) is 24.6. The molecule has 3 atom stereocenters. The van der Waals surface area contributed by atoms with Crippen molar-refractivity contribution in [3.8, 4) is 5.75 Å². The van der Waals surface area contributed by atoms with Crippen LogP contribution < -0.4 is 10.1 Å². The van der Waals surface area contributed by atoms with E-state index in [-0.39, 0.29) is 0 Å². The molecule has 0 spiro atoms. The third kappa shape index (κ3) is 3.74. The molecule has 1 heterocycles. The summed E-state index contributed by atoms with van der Waals surface area (Å²) in [6.07, 6.45) is 3.60. The first-order valence-electron chi connectivity index (χ1n) is 7.69. The Morgan fingerprint density at radius 3 is 2.75 bits per heavy atom. The number of nitrogens with one attached hydrogen (secondary N) is 1. The highest BCUT2D eigenvalue weighted by Crippen LogP contribution is 2.22. The van der Waals surface area contributed by atoms with Gasteiger partial charge in [0.1, 0.15) is 5.75 Å². The van der Waals surface area contributed by atoms with E-state index in [4.69, 9.17) is 4.74 Å². The van der Waals surface area contributed by atoms with Crippen molar-refractivity contribution in [2.45, 2.75) is 51.2 Å². The van der Waals surface area contributed by atoms with Crippen molar-refractivity contribution < 1.29 is 4.74 Å². The Morgan fingerprint density at radius 1 is 1.35 bits per heavy atom. The second-order valence-electron chi connectivity index (χ2n) is 6.07. The minimum absolute atomic E-state index is 0.520. The molecule has 0 aromatic heterocycles. The molecule has 0 amide bonds. The van der Waals surface area contributed by atoms with Crippen molar-refractivity contribution in [1.29, 1.82) is 0 Å². The minimum atomic E-state index is 0.520. The number of piperidine rings is 1. The van der Waals surface area contributed by atoms with Crippen molar-refractivity contribution in [2.24, 2.45) is 0 Å². The van der Waals surface area contributed by atoms with Gasteiger partial charge in [0.15, 0.2) is 0 Å². The van der Waals surface area contributed by atoms with E-state index in [9.17, 15) is 0 Å². The van der Waals surface area contributed by atoms with Gasteiger partial charge >= 0.3 is 0 Å². The molecule has 20 heavy (non-hydrogen) atoms. The van der Waals surface area contributed by atoms with E-state index in [0.717, 1.165) is 18.7 Å². The number of likely N-dealkylation sites (N-methyl/N-ethyl adjacent to an activating group) is 1. The summed E-state index contributed by atoms with van der Waals surface area (Å²) in [5.74, 6) is 1.00. The highest BCUT2D eigenvalue weighted by Gasteiger charge is 2.24. The van der Waals surface area contributed by atoms with Crippen LogP contribution in [0.2, 0.25) is 0 Å². The molecule has 1 saturated heterocycles. The average molecular weight is 276 g/mol. The van der Waals surface area contributed by atoms with Gasteiger partial charge in [0.25, 0.3) is 0 Å². The fourth-order valence-electron chi connectivity index (χ4n) is 3.03. The maximum absolute atomic E-state index is 5.45. The van der Waals surface area contributed by atoms with Crippen molar-refractivity contribution in [3.63, 3.8) is 0 Å². The molecule has 1 fully saturated rings.